The van der Waals surface area contributed by atoms with Gasteiger partial charge >= 0.3 is 0 Å². The average Bonchev–Trinajstić information content (AvgIpc) is 2.98. The fraction of sp³-hybridized carbons (Fsp3) is 0.318. The Labute approximate surface area is 161 Å². The molecule has 1 aliphatic rings. The van der Waals surface area contributed by atoms with Gasteiger partial charge in [0.2, 0.25) is 5.91 Å². The molecule has 0 radical (unpaired) electrons. The molecule has 2 aromatic carbocycles. The molecule has 2 heterocycles. The lowest BCUT2D eigenvalue weighted by Crippen LogP contribution is -2.58. The van der Waals surface area contributed by atoms with E-state index < -0.39 is 11.6 Å². The predicted octanol–water partition coefficient (Wildman–Crippen LogP) is 5.20. The molecule has 0 spiro atoms. The highest BCUT2D eigenvalue weighted by atomic mass is 19.1. The number of hydrogen-bond donors (Lipinski definition) is 1. The van der Waals surface area contributed by atoms with E-state index in [2.05, 4.69) is 4.98 Å². The van der Waals surface area contributed by atoms with E-state index in [4.69, 9.17) is 0 Å². The van der Waals surface area contributed by atoms with E-state index in [1.165, 1.54) is 18.2 Å². The number of likely N-dealkylation sites (tertiary alicyclic amines) is 1. The van der Waals surface area contributed by atoms with E-state index in [0.29, 0.717) is 28.6 Å². The number of nitrogens with zero attached hydrogens (tertiary/aromatic N) is 1. The largest absolute Gasteiger partial charge is 0.352 e. The normalized spacial score (nSPS) is 15.7. The SMILES string of the molecule is CC1(C)CCN1C(=O)CCc1c(-c2ccc(F)cc2)[nH]c2c(F)cc(F)cc12. The number of carbonyl (C=O) groups excluding carboxylic acids is 1. The first kappa shape index (κ1) is 18.6. The molecule has 146 valence electrons. The van der Waals surface area contributed by atoms with Crippen LogP contribution in [0.2, 0.25) is 0 Å². The van der Waals surface area contributed by atoms with Crippen LogP contribution in [0.5, 0.6) is 0 Å². The van der Waals surface area contributed by atoms with Crippen molar-refractivity contribution in [3.05, 3.63) is 59.4 Å². The summed E-state index contributed by atoms with van der Waals surface area (Å²) in [6, 6.07) is 7.89. The second-order valence-electron chi connectivity index (χ2n) is 7.90. The van der Waals surface area contributed by atoms with Gasteiger partial charge in [0.25, 0.3) is 0 Å². The van der Waals surface area contributed by atoms with Crippen LogP contribution in [-0.4, -0.2) is 27.9 Å². The first-order valence-corrected chi connectivity index (χ1v) is 9.32. The number of amides is 1. The van der Waals surface area contributed by atoms with Gasteiger partial charge in [-0.25, -0.2) is 13.2 Å². The van der Waals surface area contributed by atoms with Crippen molar-refractivity contribution in [2.75, 3.05) is 6.54 Å². The lowest BCUT2D eigenvalue weighted by atomic mass is 9.88. The van der Waals surface area contributed by atoms with Crippen molar-refractivity contribution in [1.82, 2.24) is 9.88 Å². The molecular formula is C22H21F3N2O. The summed E-state index contributed by atoms with van der Waals surface area (Å²) in [5.74, 6) is -1.73. The number of halogens is 3. The number of rotatable bonds is 4. The molecule has 4 rings (SSSR count). The summed E-state index contributed by atoms with van der Waals surface area (Å²) in [5.41, 5.74) is 1.94. The van der Waals surface area contributed by atoms with E-state index in [-0.39, 0.29) is 29.2 Å². The summed E-state index contributed by atoms with van der Waals surface area (Å²) in [4.78, 5) is 17.5. The third-order valence-corrected chi connectivity index (χ3v) is 5.63. The maximum Gasteiger partial charge on any atom is 0.223 e. The summed E-state index contributed by atoms with van der Waals surface area (Å²) in [6.07, 6.45) is 1.53. The summed E-state index contributed by atoms with van der Waals surface area (Å²) in [5, 5.41) is 0.410. The lowest BCUT2D eigenvalue weighted by Gasteiger charge is -2.48. The number of H-pyrrole nitrogens is 1. The van der Waals surface area contributed by atoms with Gasteiger partial charge < -0.3 is 9.88 Å². The number of fused-ring (bicyclic) bond motifs is 1. The highest BCUT2D eigenvalue weighted by molar-refractivity contribution is 5.92. The molecule has 0 atom stereocenters. The van der Waals surface area contributed by atoms with Crippen LogP contribution in [0.25, 0.3) is 22.2 Å². The van der Waals surface area contributed by atoms with E-state index in [1.807, 2.05) is 18.7 Å². The smallest absolute Gasteiger partial charge is 0.223 e. The molecule has 0 unspecified atom stereocenters. The Morgan fingerprint density at radius 1 is 1.11 bits per heavy atom. The minimum absolute atomic E-state index is 0.0209. The van der Waals surface area contributed by atoms with Gasteiger partial charge in [-0.15, -0.1) is 0 Å². The summed E-state index contributed by atoms with van der Waals surface area (Å²) in [7, 11) is 0. The summed E-state index contributed by atoms with van der Waals surface area (Å²) >= 11 is 0. The Morgan fingerprint density at radius 2 is 1.82 bits per heavy atom. The van der Waals surface area contributed by atoms with Gasteiger partial charge in [0, 0.05) is 35.7 Å². The van der Waals surface area contributed by atoms with Crippen LogP contribution >= 0.6 is 0 Å². The van der Waals surface area contributed by atoms with Crippen molar-refractivity contribution in [2.45, 2.75) is 38.6 Å². The number of aromatic nitrogens is 1. The third kappa shape index (κ3) is 3.17. The standard InChI is InChI=1S/C22H21F3N2O/c1-22(2)9-10-27(22)19(28)8-7-16-17-11-15(24)12-18(25)21(17)26-20(16)13-3-5-14(23)6-4-13/h3-6,11-12,26H,7-10H2,1-2H3. The third-order valence-electron chi connectivity index (χ3n) is 5.63. The molecule has 1 saturated heterocycles. The van der Waals surface area contributed by atoms with Crippen LogP contribution in [0.1, 0.15) is 32.3 Å². The minimum Gasteiger partial charge on any atom is -0.352 e. The Hall–Kier alpha value is -2.76. The lowest BCUT2D eigenvalue weighted by molar-refractivity contribution is -0.144. The molecule has 0 saturated carbocycles. The molecular weight excluding hydrogens is 365 g/mol. The van der Waals surface area contributed by atoms with Gasteiger partial charge in [-0.3, -0.25) is 4.79 Å². The molecule has 3 aromatic rings. The van der Waals surface area contributed by atoms with Crippen LogP contribution in [0, 0.1) is 17.5 Å². The fourth-order valence-corrected chi connectivity index (χ4v) is 3.90. The molecule has 1 fully saturated rings. The first-order valence-electron chi connectivity index (χ1n) is 9.32. The van der Waals surface area contributed by atoms with Gasteiger partial charge in [-0.1, -0.05) is 0 Å². The average molecular weight is 386 g/mol. The molecule has 28 heavy (non-hydrogen) atoms. The fourth-order valence-electron chi connectivity index (χ4n) is 3.90. The van der Waals surface area contributed by atoms with E-state index in [9.17, 15) is 18.0 Å². The number of nitrogens with one attached hydrogen (secondary N) is 1. The topological polar surface area (TPSA) is 36.1 Å². The molecule has 0 bridgehead atoms. The van der Waals surface area contributed by atoms with Gasteiger partial charge in [-0.05, 0) is 68.1 Å². The van der Waals surface area contributed by atoms with Crippen molar-refractivity contribution >= 4 is 16.8 Å². The van der Waals surface area contributed by atoms with Crippen molar-refractivity contribution in [3.8, 4) is 11.3 Å². The van der Waals surface area contributed by atoms with Crippen LogP contribution < -0.4 is 0 Å². The summed E-state index contributed by atoms with van der Waals surface area (Å²) < 4.78 is 41.5. The zero-order valence-corrected chi connectivity index (χ0v) is 15.8. The number of aryl methyl sites for hydroxylation is 1. The van der Waals surface area contributed by atoms with Crippen LogP contribution in [0.3, 0.4) is 0 Å². The minimum atomic E-state index is -0.695. The van der Waals surface area contributed by atoms with Crippen LogP contribution in [-0.2, 0) is 11.2 Å². The van der Waals surface area contributed by atoms with Gasteiger partial charge in [-0.2, -0.15) is 0 Å². The van der Waals surface area contributed by atoms with E-state index in [0.717, 1.165) is 19.0 Å². The molecule has 1 N–H and O–H groups in total. The summed E-state index contributed by atoms with van der Waals surface area (Å²) in [6.45, 7) is 4.78. The second kappa shape index (κ2) is 6.69. The quantitative estimate of drug-likeness (QED) is 0.658. The number of aromatic amines is 1. The van der Waals surface area contributed by atoms with Gasteiger partial charge in [0.05, 0.1) is 5.52 Å². The van der Waals surface area contributed by atoms with E-state index in [1.54, 1.807) is 12.1 Å². The number of benzene rings is 2. The van der Waals surface area contributed by atoms with Crippen LogP contribution in [0.15, 0.2) is 36.4 Å². The maximum atomic E-state index is 14.3. The molecule has 6 heteroatoms. The Morgan fingerprint density at radius 3 is 2.43 bits per heavy atom. The van der Waals surface area contributed by atoms with E-state index >= 15 is 0 Å². The predicted molar refractivity (Wildman–Crippen MR) is 102 cm³/mol. The molecule has 0 aliphatic carbocycles. The highest BCUT2D eigenvalue weighted by Crippen LogP contribution is 2.35. The number of carbonyl (C=O) groups is 1. The molecule has 1 aromatic heterocycles. The maximum absolute atomic E-state index is 14.3. The Bertz CT molecular complexity index is 1050. The van der Waals surface area contributed by atoms with Gasteiger partial charge in [0.1, 0.15) is 17.5 Å². The zero-order valence-electron chi connectivity index (χ0n) is 15.8. The zero-order chi connectivity index (χ0) is 20.1. The Kier molecular flexibility index (Phi) is 4.44. The molecule has 1 aliphatic heterocycles. The van der Waals surface area contributed by atoms with Crippen molar-refractivity contribution < 1.29 is 18.0 Å². The second-order valence-corrected chi connectivity index (χ2v) is 7.90. The van der Waals surface area contributed by atoms with Crippen molar-refractivity contribution in [1.29, 1.82) is 0 Å². The first-order chi connectivity index (χ1) is 13.3. The van der Waals surface area contributed by atoms with Crippen LogP contribution in [0.4, 0.5) is 13.2 Å². The number of hydrogen-bond acceptors (Lipinski definition) is 1. The van der Waals surface area contributed by atoms with Crippen molar-refractivity contribution in [2.24, 2.45) is 0 Å². The Balaban J connectivity index is 1.73. The monoisotopic (exact) mass is 386 g/mol. The molecule has 1 amide bonds. The highest BCUT2D eigenvalue weighted by Gasteiger charge is 2.38. The molecule has 3 nitrogen and oxygen atoms in total. The van der Waals surface area contributed by atoms with Crippen molar-refractivity contribution in [3.63, 3.8) is 0 Å². The van der Waals surface area contributed by atoms with Gasteiger partial charge in [0.15, 0.2) is 0 Å².